The van der Waals surface area contributed by atoms with Crippen LogP contribution in [0.4, 0.5) is 0 Å². The van der Waals surface area contributed by atoms with Gasteiger partial charge >= 0.3 is 0 Å². The summed E-state index contributed by atoms with van der Waals surface area (Å²) in [6.07, 6.45) is 2.23. The van der Waals surface area contributed by atoms with Gasteiger partial charge in [-0.1, -0.05) is 36.4 Å². The first-order valence-electron chi connectivity index (χ1n) is 9.76. The molecule has 0 atom stereocenters. The third-order valence-corrected chi connectivity index (χ3v) is 5.57. The van der Waals surface area contributed by atoms with E-state index in [1.54, 1.807) is 18.2 Å². The van der Waals surface area contributed by atoms with Crippen LogP contribution in [0.3, 0.4) is 0 Å². The Morgan fingerprint density at radius 2 is 1.75 bits per heavy atom. The number of rotatable bonds is 5. The van der Waals surface area contributed by atoms with Gasteiger partial charge in [-0.05, 0) is 43.9 Å². The van der Waals surface area contributed by atoms with Crippen LogP contribution in [0.25, 0.3) is 5.69 Å². The highest BCUT2D eigenvalue weighted by Gasteiger charge is 2.39. The molecule has 28 heavy (non-hydrogen) atoms. The third kappa shape index (κ3) is 3.79. The van der Waals surface area contributed by atoms with E-state index in [1.807, 2.05) is 23.6 Å². The predicted octanol–water partition coefficient (Wildman–Crippen LogP) is 2.81. The fourth-order valence-electron chi connectivity index (χ4n) is 3.91. The fraction of sp³-hybridized carbons (Fsp3) is 0.364. The molecule has 1 fully saturated rings. The molecule has 1 saturated heterocycles. The maximum atomic E-state index is 11.4. The number of hydrogen-bond acceptors (Lipinski definition) is 5. The Morgan fingerprint density at radius 3 is 2.46 bits per heavy atom. The molecular weight excluding hydrogens is 352 g/mol. The number of aryl methyl sites for hydroxylation is 1. The van der Waals surface area contributed by atoms with Gasteiger partial charge < -0.3 is 15.1 Å². The monoisotopic (exact) mass is 378 g/mol. The smallest absolute Gasteiger partial charge is 0.169 e. The molecule has 2 aromatic carbocycles. The number of aliphatic hydroxyl groups is 1. The molecule has 1 aromatic heterocycles. The summed E-state index contributed by atoms with van der Waals surface area (Å²) in [7, 11) is 0. The van der Waals surface area contributed by atoms with E-state index < -0.39 is 5.60 Å². The maximum Gasteiger partial charge on any atom is 0.169 e. The van der Waals surface area contributed by atoms with Gasteiger partial charge in [-0.15, -0.1) is 10.2 Å². The second-order valence-electron chi connectivity index (χ2n) is 7.53. The van der Waals surface area contributed by atoms with Crippen molar-refractivity contribution in [1.29, 1.82) is 0 Å². The zero-order valence-corrected chi connectivity index (χ0v) is 16.1. The minimum atomic E-state index is -1.02. The van der Waals surface area contributed by atoms with E-state index >= 15 is 0 Å². The fourth-order valence-corrected chi connectivity index (χ4v) is 3.91. The summed E-state index contributed by atoms with van der Waals surface area (Å²) in [6.45, 7) is 4.47. The standard InChI is InChI=1S/C22H26N4O2/c1-17-23-24-21(26(17)19-8-5-9-20(27)16-19)22(28)11-14-25(15-12-22)13-10-18-6-3-2-4-7-18/h2-9,16,27-28H,10-15H2,1H3. The first-order chi connectivity index (χ1) is 13.5. The molecule has 2 N–H and O–H groups in total. The Kier molecular flexibility index (Phi) is 5.15. The van der Waals surface area contributed by atoms with Gasteiger partial charge in [0.25, 0.3) is 0 Å². The molecule has 0 saturated carbocycles. The lowest BCUT2D eigenvalue weighted by Gasteiger charge is -2.37. The van der Waals surface area contributed by atoms with Crippen LogP contribution in [0.5, 0.6) is 5.75 Å². The first-order valence-corrected chi connectivity index (χ1v) is 9.76. The number of phenols is 1. The van der Waals surface area contributed by atoms with Crippen LogP contribution in [0, 0.1) is 6.92 Å². The third-order valence-electron chi connectivity index (χ3n) is 5.57. The number of nitrogens with zero attached hydrogens (tertiary/aromatic N) is 4. The summed E-state index contributed by atoms with van der Waals surface area (Å²) in [6, 6.07) is 17.4. The highest BCUT2D eigenvalue weighted by atomic mass is 16.3. The van der Waals surface area contributed by atoms with Crippen molar-refractivity contribution in [2.45, 2.75) is 31.8 Å². The van der Waals surface area contributed by atoms with Crippen LogP contribution in [0.15, 0.2) is 54.6 Å². The summed E-state index contributed by atoms with van der Waals surface area (Å²) in [5.41, 5.74) is 1.08. The van der Waals surface area contributed by atoms with Crippen LogP contribution < -0.4 is 0 Å². The molecule has 1 aliphatic heterocycles. The van der Waals surface area contributed by atoms with Crippen LogP contribution >= 0.6 is 0 Å². The number of likely N-dealkylation sites (tertiary alicyclic amines) is 1. The summed E-state index contributed by atoms with van der Waals surface area (Å²) in [5, 5.41) is 29.7. The van der Waals surface area contributed by atoms with Crippen LogP contribution in [-0.2, 0) is 12.0 Å². The van der Waals surface area contributed by atoms with Gasteiger partial charge in [-0.3, -0.25) is 4.57 Å². The van der Waals surface area contributed by atoms with Crippen molar-refractivity contribution in [1.82, 2.24) is 19.7 Å². The van der Waals surface area contributed by atoms with Gasteiger partial charge in [0.05, 0.1) is 5.69 Å². The number of piperidine rings is 1. The molecule has 0 radical (unpaired) electrons. The predicted molar refractivity (Wildman–Crippen MR) is 107 cm³/mol. The Hall–Kier alpha value is -2.70. The second-order valence-corrected chi connectivity index (χ2v) is 7.53. The van der Waals surface area contributed by atoms with E-state index in [-0.39, 0.29) is 5.75 Å². The van der Waals surface area contributed by atoms with Gasteiger partial charge in [0, 0.05) is 25.7 Å². The van der Waals surface area contributed by atoms with Gasteiger partial charge in [0.2, 0.25) is 0 Å². The molecule has 0 spiro atoms. The number of aromatic hydroxyl groups is 1. The van der Waals surface area contributed by atoms with Gasteiger partial charge in [0.15, 0.2) is 5.82 Å². The minimum Gasteiger partial charge on any atom is -0.508 e. The average molecular weight is 378 g/mol. The van der Waals surface area contributed by atoms with Gasteiger partial charge in [-0.25, -0.2) is 0 Å². The number of benzene rings is 2. The summed E-state index contributed by atoms with van der Waals surface area (Å²) >= 11 is 0. The van der Waals surface area contributed by atoms with E-state index in [1.165, 1.54) is 5.56 Å². The highest BCUT2D eigenvalue weighted by molar-refractivity contribution is 5.40. The topological polar surface area (TPSA) is 74.4 Å². The van der Waals surface area contributed by atoms with Crippen molar-refractivity contribution in [2.75, 3.05) is 19.6 Å². The molecule has 1 aliphatic rings. The second kappa shape index (κ2) is 7.73. The number of hydrogen-bond donors (Lipinski definition) is 2. The molecule has 6 nitrogen and oxygen atoms in total. The summed E-state index contributed by atoms with van der Waals surface area (Å²) in [4.78, 5) is 2.39. The van der Waals surface area contributed by atoms with Crippen molar-refractivity contribution in [3.8, 4) is 11.4 Å². The Labute approximate surface area is 165 Å². The van der Waals surface area contributed by atoms with Crippen molar-refractivity contribution >= 4 is 0 Å². The van der Waals surface area contributed by atoms with Crippen LogP contribution in [0.2, 0.25) is 0 Å². The molecule has 3 aromatic rings. The average Bonchev–Trinajstić information content (AvgIpc) is 3.11. The molecular formula is C22H26N4O2. The minimum absolute atomic E-state index is 0.180. The molecule has 4 rings (SSSR count). The zero-order valence-electron chi connectivity index (χ0n) is 16.1. The van der Waals surface area contributed by atoms with Crippen molar-refractivity contribution < 1.29 is 10.2 Å². The Bertz CT molecular complexity index is 931. The van der Waals surface area contributed by atoms with E-state index in [0.717, 1.165) is 31.7 Å². The molecule has 0 bridgehead atoms. The molecule has 0 amide bonds. The van der Waals surface area contributed by atoms with E-state index in [9.17, 15) is 10.2 Å². The van der Waals surface area contributed by atoms with Crippen molar-refractivity contribution in [3.05, 3.63) is 71.8 Å². The Morgan fingerprint density at radius 1 is 1.00 bits per heavy atom. The summed E-state index contributed by atoms with van der Waals surface area (Å²) < 4.78 is 1.85. The van der Waals surface area contributed by atoms with Crippen molar-refractivity contribution in [2.24, 2.45) is 0 Å². The largest absolute Gasteiger partial charge is 0.508 e. The number of phenolic OH excluding ortho intramolecular Hbond substituents is 1. The van der Waals surface area contributed by atoms with E-state index in [2.05, 4.69) is 39.4 Å². The molecule has 6 heteroatoms. The normalized spacial score (nSPS) is 16.9. The van der Waals surface area contributed by atoms with Crippen LogP contribution in [-0.4, -0.2) is 49.5 Å². The lowest BCUT2D eigenvalue weighted by molar-refractivity contribution is -0.0340. The van der Waals surface area contributed by atoms with Gasteiger partial charge in [0.1, 0.15) is 17.2 Å². The lowest BCUT2D eigenvalue weighted by Crippen LogP contribution is -2.44. The molecule has 0 aliphatic carbocycles. The zero-order chi connectivity index (χ0) is 19.6. The number of aromatic nitrogens is 3. The van der Waals surface area contributed by atoms with Crippen molar-refractivity contribution in [3.63, 3.8) is 0 Å². The van der Waals surface area contributed by atoms with Crippen LogP contribution in [0.1, 0.15) is 30.1 Å². The van der Waals surface area contributed by atoms with E-state index in [0.29, 0.717) is 24.5 Å². The summed E-state index contributed by atoms with van der Waals surface area (Å²) in [5.74, 6) is 1.43. The molecule has 146 valence electrons. The maximum absolute atomic E-state index is 11.4. The highest BCUT2D eigenvalue weighted by Crippen LogP contribution is 2.34. The Balaban J connectivity index is 1.47. The molecule has 2 heterocycles. The quantitative estimate of drug-likeness (QED) is 0.714. The lowest BCUT2D eigenvalue weighted by atomic mass is 9.90. The molecule has 0 unspecified atom stereocenters. The SMILES string of the molecule is Cc1nnc(C2(O)CCN(CCc3ccccc3)CC2)n1-c1cccc(O)c1. The first kappa shape index (κ1) is 18.7. The van der Waals surface area contributed by atoms with Gasteiger partial charge in [-0.2, -0.15) is 0 Å². The van der Waals surface area contributed by atoms with E-state index in [4.69, 9.17) is 0 Å².